The van der Waals surface area contributed by atoms with Gasteiger partial charge < -0.3 is 10.2 Å². The summed E-state index contributed by atoms with van der Waals surface area (Å²) in [5.74, 6) is 1.45. The zero-order valence-electron chi connectivity index (χ0n) is 10.7. The molecule has 0 radical (unpaired) electrons. The van der Waals surface area contributed by atoms with Crippen molar-refractivity contribution in [2.24, 2.45) is 5.92 Å². The molecule has 2 heterocycles. The van der Waals surface area contributed by atoms with Crippen molar-refractivity contribution in [1.29, 1.82) is 5.26 Å². The molecule has 1 aromatic heterocycles. The molecule has 18 heavy (non-hydrogen) atoms. The van der Waals surface area contributed by atoms with Crippen LogP contribution in [0, 0.1) is 24.2 Å². The van der Waals surface area contributed by atoms with Crippen LogP contribution in [0.1, 0.15) is 17.7 Å². The lowest BCUT2D eigenvalue weighted by atomic mass is 10.1. The molecule has 1 atom stereocenters. The molecule has 5 heteroatoms. The van der Waals surface area contributed by atoms with E-state index in [0.717, 1.165) is 37.6 Å². The van der Waals surface area contributed by atoms with E-state index in [1.165, 1.54) is 0 Å². The van der Waals surface area contributed by atoms with Gasteiger partial charge in [0.05, 0.1) is 16.3 Å². The van der Waals surface area contributed by atoms with Crippen molar-refractivity contribution in [3.05, 3.63) is 22.3 Å². The van der Waals surface area contributed by atoms with Gasteiger partial charge in [-0.25, -0.2) is 4.98 Å². The fourth-order valence-electron chi connectivity index (χ4n) is 2.38. The van der Waals surface area contributed by atoms with Gasteiger partial charge in [-0.2, -0.15) is 5.26 Å². The summed E-state index contributed by atoms with van der Waals surface area (Å²) in [6.45, 7) is 4.81. The van der Waals surface area contributed by atoms with Gasteiger partial charge in [-0.05, 0) is 38.9 Å². The number of halogens is 1. The number of nitriles is 1. The third-order valence-electron chi connectivity index (χ3n) is 3.35. The number of pyridine rings is 1. The van der Waals surface area contributed by atoms with Crippen molar-refractivity contribution in [1.82, 2.24) is 10.3 Å². The molecule has 1 aliphatic rings. The highest BCUT2D eigenvalue weighted by Gasteiger charge is 2.25. The van der Waals surface area contributed by atoms with E-state index in [9.17, 15) is 0 Å². The quantitative estimate of drug-likeness (QED) is 0.907. The lowest BCUT2D eigenvalue weighted by Crippen LogP contribution is -2.25. The lowest BCUT2D eigenvalue weighted by Gasteiger charge is -2.19. The van der Waals surface area contributed by atoms with E-state index in [0.29, 0.717) is 16.5 Å². The molecular weight excluding hydrogens is 248 g/mol. The van der Waals surface area contributed by atoms with Crippen LogP contribution in [-0.2, 0) is 0 Å². The molecule has 1 N–H and O–H groups in total. The number of hydrogen-bond donors (Lipinski definition) is 1. The number of nitrogens with one attached hydrogen (secondary N) is 1. The van der Waals surface area contributed by atoms with Gasteiger partial charge in [0.2, 0.25) is 0 Å². The number of anilines is 1. The minimum atomic E-state index is 0.551. The Hall–Kier alpha value is -1.31. The summed E-state index contributed by atoms with van der Waals surface area (Å²) in [6.07, 6.45) is 1.15. The molecule has 0 aliphatic carbocycles. The van der Waals surface area contributed by atoms with Gasteiger partial charge in [0.15, 0.2) is 0 Å². The minimum absolute atomic E-state index is 0.551. The Labute approximate surface area is 113 Å². The third-order valence-corrected chi connectivity index (χ3v) is 3.62. The number of aromatic nitrogens is 1. The number of rotatable bonds is 3. The standard InChI is InChI=1S/C13H17ClN4/c1-9-11(6-15)5-12(14)13(17-9)18-4-3-10(8-18)7-16-2/h5,10,16H,3-4,7-8H2,1-2H3. The predicted molar refractivity (Wildman–Crippen MR) is 72.9 cm³/mol. The first kappa shape index (κ1) is 13.1. The van der Waals surface area contributed by atoms with Crippen LogP contribution in [0.15, 0.2) is 6.07 Å². The molecule has 1 saturated heterocycles. The average Bonchev–Trinajstić information content (AvgIpc) is 2.80. The third kappa shape index (κ3) is 2.58. The van der Waals surface area contributed by atoms with Gasteiger partial charge in [-0.15, -0.1) is 0 Å². The van der Waals surface area contributed by atoms with Crippen LogP contribution in [-0.4, -0.2) is 31.7 Å². The molecule has 1 aromatic rings. The van der Waals surface area contributed by atoms with Crippen molar-refractivity contribution in [3.63, 3.8) is 0 Å². The fourth-order valence-corrected chi connectivity index (χ4v) is 2.65. The number of aryl methyl sites for hydroxylation is 1. The minimum Gasteiger partial charge on any atom is -0.355 e. The Kier molecular flexibility index (Phi) is 4.05. The Morgan fingerprint density at radius 1 is 1.67 bits per heavy atom. The van der Waals surface area contributed by atoms with Gasteiger partial charge in [0.25, 0.3) is 0 Å². The first-order chi connectivity index (χ1) is 8.65. The first-order valence-electron chi connectivity index (χ1n) is 6.12. The molecule has 2 rings (SSSR count). The van der Waals surface area contributed by atoms with Gasteiger partial charge in [-0.1, -0.05) is 11.6 Å². The topological polar surface area (TPSA) is 52.0 Å². The Morgan fingerprint density at radius 2 is 2.44 bits per heavy atom. The van der Waals surface area contributed by atoms with Crippen molar-refractivity contribution in [2.75, 3.05) is 31.6 Å². The molecule has 4 nitrogen and oxygen atoms in total. The van der Waals surface area contributed by atoms with Crippen molar-refractivity contribution < 1.29 is 0 Å². The van der Waals surface area contributed by atoms with Crippen LogP contribution in [0.2, 0.25) is 5.02 Å². The molecular formula is C13H17ClN4. The molecule has 0 saturated carbocycles. The molecule has 0 aromatic carbocycles. The van der Waals surface area contributed by atoms with Crippen LogP contribution < -0.4 is 10.2 Å². The van der Waals surface area contributed by atoms with E-state index in [2.05, 4.69) is 21.3 Å². The van der Waals surface area contributed by atoms with Gasteiger partial charge in [-0.3, -0.25) is 0 Å². The summed E-state index contributed by atoms with van der Waals surface area (Å²) >= 11 is 6.21. The predicted octanol–water partition coefficient (Wildman–Crippen LogP) is 1.96. The molecule has 0 spiro atoms. The maximum atomic E-state index is 8.94. The first-order valence-corrected chi connectivity index (χ1v) is 6.50. The van der Waals surface area contributed by atoms with Gasteiger partial charge in [0.1, 0.15) is 11.9 Å². The van der Waals surface area contributed by atoms with Crippen LogP contribution in [0.3, 0.4) is 0 Å². The van der Waals surface area contributed by atoms with Crippen molar-refractivity contribution >= 4 is 17.4 Å². The Morgan fingerprint density at radius 3 is 3.11 bits per heavy atom. The second-order valence-electron chi connectivity index (χ2n) is 4.70. The Bertz CT molecular complexity index is 481. The molecule has 1 unspecified atom stereocenters. The van der Waals surface area contributed by atoms with Crippen molar-refractivity contribution in [3.8, 4) is 6.07 Å². The van der Waals surface area contributed by atoms with E-state index in [1.807, 2.05) is 14.0 Å². The number of nitrogens with zero attached hydrogens (tertiary/aromatic N) is 3. The monoisotopic (exact) mass is 264 g/mol. The average molecular weight is 265 g/mol. The molecule has 0 amide bonds. The van der Waals surface area contributed by atoms with Gasteiger partial charge in [0, 0.05) is 13.1 Å². The normalized spacial score (nSPS) is 19.0. The van der Waals surface area contributed by atoms with Crippen LogP contribution in [0.4, 0.5) is 5.82 Å². The molecule has 96 valence electrons. The second kappa shape index (κ2) is 5.55. The van der Waals surface area contributed by atoms with Gasteiger partial charge >= 0.3 is 0 Å². The summed E-state index contributed by atoms with van der Waals surface area (Å²) in [7, 11) is 1.97. The molecule has 1 aliphatic heterocycles. The second-order valence-corrected chi connectivity index (χ2v) is 5.10. The molecule has 0 bridgehead atoms. The maximum Gasteiger partial charge on any atom is 0.147 e. The zero-order valence-corrected chi connectivity index (χ0v) is 11.5. The smallest absolute Gasteiger partial charge is 0.147 e. The summed E-state index contributed by atoms with van der Waals surface area (Å²) in [4.78, 5) is 6.68. The highest BCUT2D eigenvalue weighted by atomic mass is 35.5. The maximum absolute atomic E-state index is 8.94. The van der Waals surface area contributed by atoms with E-state index >= 15 is 0 Å². The summed E-state index contributed by atoms with van der Waals surface area (Å²) in [5, 5.41) is 12.7. The summed E-state index contributed by atoms with van der Waals surface area (Å²) in [6, 6.07) is 3.82. The summed E-state index contributed by atoms with van der Waals surface area (Å²) in [5.41, 5.74) is 1.30. The Balaban J connectivity index is 2.20. The highest BCUT2D eigenvalue weighted by Crippen LogP contribution is 2.29. The van der Waals surface area contributed by atoms with E-state index < -0.39 is 0 Å². The van der Waals surface area contributed by atoms with E-state index in [-0.39, 0.29) is 0 Å². The SMILES string of the molecule is CNCC1CCN(c2nc(C)c(C#N)cc2Cl)C1. The van der Waals surface area contributed by atoms with Crippen molar-refractivity contribution in [2.45, 2.75) is 13.3 Å². The van der Waals surface area contributed by atoms with Crippen LogP contribution >= 0.6 is 11.6 Å². The summed E-state index contributed by atoms with van der Waals surface area (Å²) < 4.78 is 0. The van der Waals surface area contributed by atoms with E-state index in [1.54, 1.807) is 6.07 Å². The van der Waals surface area contributed by atoms with Crippen LogP contribution in [0.25, 0.3) is 0 Å². The zero-order chi connectivity index (χ0) is 13.1. The highest BCUT2D eigenvalue weighted by molar-refractivity contribution is 6.33. The molecule has 1 fully saturated rings. The largest absolute Gasteiger partial charge is 0.355 e. The fraction of sp³-hybridized carbons (Fsp3) is 0.538. The number of hydrogen-bond acceptors (Lipinski definition) is 4. The van der Waals surface area contributed by atoms with Crippen LogP contribution in [0.5, 0.6) is 0 Å². The lowest BCUT2D eigenvalue weighted by molar-refractivity contribution is 0.549. The van der Waals surface area contributed by atoms with E-state index in [4.69, 9.17) is 16.9 Å².